The summed E-state index contributed by atoms with van der Waals surface area (Å²) in [6.07, 6.45) is 1.30. The Labute approximate surface area is 122 Å². The van der Waals surface area contributed by atoms with Crippen LogP contribution in [0.15, 0.2) is 53.5 Å². The minimum absolute atomic E-state index is 0.0235. The lowest BCUT2D eigenvalue weighted by atomic mass is 10.1. The van der Waals surface area contributed by atoms with Crippen molar-refractivity contribution in [2.75, 3.05) is 0 Å². The van der Waals surface area contributed by atoms with Crippen molar-refractivity contribution < 1.29 is 8.78 Å². The molecular weight excluding hydrogens is 288 g/mol. The number of benzene rings is 2. The highest BCUT2D eigenvalue weighted by molar-refractivity contribution is 6.02. The van der Waals surface area contributed by atoms with Crippen molar-refractivity contribution >= 4 is 21.8 Å². The van der Waals surface area contributed by atoms with Crippen LogP contribution in [0.5, 0.6) is 0 Å². The van der Waals surface area contributed by atoms with Gasteiger partial charge < -0.3 is 0 Å². The molecule has 1 N–H and O–H groups in total. The summed E-state index contributed by atoms with van der Waals surface area (Å²) in [6.45, 7) is 0. The average molecular weight is 297 g/mol. The molecule has 2 aromatic heterocycles. The van der Waals surface area contributed by atoms with Gasteiger partial charge in [0.15, 0.2) is 5.82 Å². The number of fused-ring (bicyclic) bond motifs is 3. The van der Waals surface area contributed by atoms with Gasteiger partial charge in [0.1, 0.15) is 11.3 Å². The highest BCUT2D eigenvalue weighted by atomic mass is 19.1. The molecule has 0 bridgehead atoms. The van der Waals surface area contributed by atoms with E-state index in [9.17, 15) is 13.6 Å². The zero-order valence-corrected chi connectivity index (χ0v) is 11.2. The number of hydrogen-bond donors (Lipinski definition) is 1. The Hall–Kier alpha value is -3.02. The number of H-pyrrole nitrogens is 1. The van der Waals surface area contributed by atoms with Gasteiger partial charge in [-0.05, 0) is 18.2 Å². The largest absolute Gasteiger partial charge is 0.290 e. The second-order valence-electron chi connectivity index (χ2n) is 4.92. The van der Waals surface area contributed by atoms with Crippen molar-refractivity contribution in [3.8, 4) is 5.69 Å². The zero-order chi connectivity index (χ0) is 15.3. The molecule has 0 saturated carbocycles. The second-order valence-corrected chi connectivity index (χ2v) is 4.92. The summed E-state index contributed by atoms with van der Waals surface area (Å²) >= 11 is 0. The molecule has 0 saturated heterocycles. The lowest BCUT2D eigenvalue weighted by Gasteiger charge is -2.01. The fraction of sp³-hybridized carbons (Fsp3) is 0. The molecule has 4 nitrogen and oxygen atoms in total. The van der Waals surface area contributed by atoms with E-state index in [2.05, 4.69) is 10.1 Å². The summed E-state index contributed by atoms with van der Waals surface area (Å²) in [5, 5.41) is 3.43. The Bertz CT molecular complexity index is 1070. The summed E-state index contributed by atoms with van der Waals surface area (Å²) < 4.78 is 28.6. The van der Waals surface area contributed by atoms with E-state index in [1.54, 1.807) is 24.3 Å². The van der Waals surface area contributed by atoms with Crippen molar-refractivity contribution in [2.45, 2.75) is 0 Å². The molecule has 2 aromatic carbocycles. The predicted octanol–water partition coefficient (Wildman–Crippen LogP) is 3.15. The third-order valence-electron chi connectivity index (χ3n) is 3.56. The molecule has 108 valence electrons. The van der Waals surface area contributed by atoms with Gasteiger partial charge in [-0.3, -0.25) is 14.9 Å². The average Bonchev–Trinajstić information content (AvgIpc) is 2.86. The normalized spacial score (nSPS) is 11.4. The minimum atomic E-state index is -0.759. The molecule has 0 amide bonds. The first-order valence-corrected chi connectivity index (χ1v) is 6.59. The number of nitrogens with one attached hydrogen (secondary N) is 1. The van der Waals surface area contributed by atoms with Crippen molar-refractivity contribution in [1.82, 2.24) is 14.8 Å². The SMILES string of the molecule is O=c1c2cnc3c(F)cc(F)cc3c2[nH]n1-c1ccccc1. The number of rotatable bonds is 1. The maximum absolute atomic E-state index is 13.8. The van der Waals surface area contributed by atoms with E-state index in [4.69, 9.17) is 0 Å². The van der Waals surface area contributed by atoms with E-state index in [1.807, 2.05) is 6.07 Å². The van der Waals surface area contributed by atoms with Gasteiger partial charge in [-0.1, -0.05) is 18.2 Å². The molecule has 22 heavy (non-hydrogen) atoms. The van der Waals surface area contributed by atoms with E-state index in [0.29, 0.717) is 11.2 Å². The Kier molecular flexibility index (Phi) is 2.59. The summed E-state index contributed by atoms with van der Waals surface area (Å²) in [5.74, 6) is -1.47. The Morgan fingerprint density at radius 2 is 1.82 bits per heavy atom. The fourth-order valence-electron chi connectivity index (χ4n) is 2.55. The number of hydrogen-bond acceptors (Lipinski definition) is 2. The lowest BCUT2D eigenvalue weighted by molar-refractivity contribution is 0.590. The monoisotopic (exact) mass is 297 g/mol. The summed E-state index contributed by atoms with van der Waals surface area (Å²) in [4.78, 5) is 16.4. The Morgan fingerprint density at radius 3 is 2.59 bits per heavy atom. The summed E-state index contributed by atoms with van der Waals surface area (Å²) in [6, 6.07) is 10.9. The summed E-state index contributed by atoms with van der Waals surface area (Å²) in [7, 11) is 0. The van der Waals surface area contributed by atoms with Gasteiger partial charge in [0.05, 0.1) is 16.6 Å². The van der Waals surface area contributed by atoms with Gasteiger partial charge in [-0.25, -0.2) is 13.5 Å². The van der Waals surface area contributed by atoms with Crippen LogP contribution in [0.1, 0.15) is 0 Å². The molecule has 0 atom stereocenters. The predicted molar refractivity (Wildman–Crippen MR) is 79.1 cm³/mol. The van der Waals surface area contributed by atoms with Gasteiger partial charge in [0, 0.05) is 17.6 Å². The van der Waals surface area contributed by atoms with Gasteiger partial charge in [-0.2, -0.15) is 0 Å². The third-order valence-corrected chi connectivity index (χ3v) is 3.56. The first kappa shape index (κ1) is 12.7. The van der Waals surface area contributed by atoms with Crippen LogP contribution >= 0.6 is 0 Å². The number of pyridine rings is 1. The zero-order valence-electron chi connectivity index (χ0n) is 11.2. The standard InChI is InChI=1S/C16H9F2N3O/c17-9-6-11-14-12(8-19-15(11)13(18)7-9)16(22)21(20-14)10-4-2-1-3-5-10/h1-8,20H. The van der Waals surface area contributed by atoms with Crippen LogP contribution in [0.4, 0.5) is 8.78 Å². The number of para-hydroxylation sites is 1. The topological polar surface area (TPSA) is 50.7 Å². The van der Waals surface area contributed by atoms with Crippen LogP contribution in [-0.4, -0.2) is 14.8 Å². The molecule has 0 aliphatic rings. The van der Waals surface area contributed by atoms with E-state index in [0.717, 1.165) is 6.07 Å². The third kappa shape index (κ3) is 1.74. The molecule has 2 heterocycles. The van der Waals surface area contributed by atoms with E-state index < -0.39 is 11.6 Å². The quantitative estimate of drug-likeness (QED) is 0.587. The van der Waals surface area contributed by atoms with Gasteiger partial charge in [0.25, 0.3) is 5.56 Å². The molecule has 0 unspecified atom stereocenters. The highest BCUT2D eigenvalue weighted by Gasteiger charge is 2.14. The first-order valence-electron chi connectivity index (χ1n) is 6.59. The Balaban J connectivity index is 2.14. The van der Waals surface area contributed by atoms with Crippen molar-refractivity contribution in [3.63, 3.8) is 0 Å². The van der Waals surface area contributed by atoms with Crippen LogP contribution in [0, 0.1) is 11.6 Å². The van der Waals surface area contributed by atoms with Crippen LogP contribution in [0.25, 0.3) is 27.5 Å². The highest BCUT2D eigenvalue weighted by Crippen LogP contribution is 2.24. The van der Waals surface area contributed by atoms with Gasteiger partial charge in [0.2, 0.25) is 0 Å². The number of halogens is 2. The van der Waals surface area contributed by atoms with Crippen molar-refractivity contribution in [3.05, 3.63) is 70.6 Å². The van der Waals surface area contributed by atoms with Crippen LogP contribution in [0.2, 0.25) is 0 Å². The smallest absolute Gasteiger partial charge is 0.280 e. The van der Waals surface area contributed by atoms with E-state index in [-0.39, 0.29) is 21.8 Å². The van der Waals surface area contributed by atoms with Gasteiger partial charge >= 0.3 is 0 Å². The van der Waals surface area contributed by atoms with Crippen LogP contribution in [-0.2, 0) is 0 Å². The maximum Gasteiger partial charge on any atom is 0.280 e. The molecule has 0 spiro atoms. The number of aromatic amines is 1. The minimum Gasteiger partial charge on any atom is -0.290 e. The molecular formula is C16H9F2N3O. The fourth-order valence-corrected chi connectivity index (χ4v) is 2.55. The number of nitrogens with zero attached hydrogens (tertiary/aromatic N) is 2. The molecule has 4 aromatic rings. The van der Waals surface area contributed by atoms with Crippen molar-refractivity contribution in [2.24, 2.45) is 0 Å². The Morgan fingerprint density at radius 1 is 1.05 bits per heavy atom. The molecule has 0 fully saturated rings. The van der Waals surface area contributed by atoms with Crippen molar-refractivity contribution in [1.29, 1.82) is 0 Å². The molecule has 6 heteroatoms. The maximum atomic E-state index is 13.8. The molecule has 0 aliphatic heterocycles. The van der Waals surface area contributed by atoms with Crippen LogP contribution < -0.4 is 5.56 Å². The summed E-state index contributed by atoms with van der Waals surface area (Å²) in [5.41, 5.74) is 0.696. The van der Waals surface area contributed by atoms with E-state index in [1.165, 1.54) is 16.9 Å². The van der Waals surface area contributed by atoms with Gasteiger partial charge in [-0.15, -0.1) is 0 Å². The number of aromatic nitrogens is 3. The lowest BCUT2D eigenvalue weighted by Crippen LogP contribution is -2.13. The molecule has 0 radical (unpaired) electrons. The molecule has 0 aliphatic carbocycles. The van der Waals surface area contributed by atoms with E-state index >= 15 is 0 Å². The molecule has 4 rings (SSSR count). The first-order chi connectivity index (χ1) is 10.6. The second kappa shape index (κ2) is 4.49. The van der Waals surface area contributed by atoms with Crippen LogP contribution in [0.3, 0.4) is 0 Å².